The first-order valence-electron chi connectivity index (χ1n) is 9.12. The molecule has 0 bridgehead atoms. The third kappa shape index (κ3) is 4.11. The molecule has 2 aliphatic rings. The van der Waals surface area contributed by atoms with Gasteiger partial charge in [0.2, 0.25) is 5.91 Å². The van der Waals surface area contributed by atoms with Gasteiger partial charge in [0, 0.05) is 12.5 Å². The second-order valence-electron chi connectivity index (χ2n) is 7.34. The number of fused-ring (bicyclic) bond motifs is 1. The van der Waals surface area contributed by atoms with E-state index >= 15 is 0 Å². The van der Waals surface area contributed by atoms with E-state index in [-0.39, 0.29) is 18.6 Å². The number of carbonyl (C=O) groups excluding carboxylic acids is 3. The number of nitrogens with zero attached hydrogens (tertiary/aromatic N) is 1. The van der Waals surface area contributed by atoms with Crippen molar-refractivity contribution >= 4 is 17.7 Å². The van der Waals surface area contributed by atoms with Crippen molar-refractivity contribution in [2.24, 2.45) is 5.92 Å². The molecule has 1 fully saturated rings. The Bertz CT molecular complexity index is 669. The minimum absolute atomic E-state index is 0.0383. The third-order valence-electron chi connectivity index (χ3n) is 4.73. The molecular formula is C19H26N3O4+. The number of hydrogen-bond donors (Lipinski definition) is 2. The van der Waals surface area contributed by atoms with Crippen molar-refractivity contribution in [1.82, 2.24) is 10.2 Å². The van der Waals surface area contributed by atoms with Crippen LogP contribution in [0.15, 0.2) is 24.3 Å². The summed E-state index contributed by atoms with van der Waals surface area (Å²) in [6, 6.07) is 6.63. The molecule has 7 heteroatoms. The monoisotopic (exact) mass is 360 g/mol. The van der Waals surface area contributed by atoms with Gasteiger partial charge in [0.15, 0.2) is 0 Å². The van der Waals surface area contributed by atoms with E-state index in [9.17, 15) is 14.4 Å². The Morgan fingerprint density at radius 1 is 1.27 bits per heavy atom. The topological polar surface area (TPSA) is 80.2 Å². The Morgan fingerprint density at radius 3 is 2.54 bits per heavy atom. The van der Waals surface area contributed by atoms with Crippen molar-refractivity contribution < 1.29 is 24.0 Å². The maximum Gasteiger partial charge on any atom is 0.262 e. The molecule has 2 N–H and O–H groups in total. The predicted molar refractivity (Wildman–Crippen MR) is 95.0 cm³/mol. The van der Waals surface area contributed by atoms with E-state index < -0.39 is 11.8 Å². The molecule has 2 heterocycles. The van der Waals surface area contributed by atoms with Gasteiger partial charge in [-0.25, -0.2) is 0 Å². The number of rotatable bonds is 6. The van der Waals surface area contributed by atoms with Crippen LogP contribution in [0.25, 0.3) is 0 Å². The van der Waals surface area contributed by atoms with E-state index in [0.29, 0.717) is 30.2 Å². The predicted octanol–water partition coefficient (Wildman–Crippen LogP) is -0.661. The van der Waals surface area contributed by atoms with Gasteiger partial charge in [0.25, 0.3) is 11.8 Å². The molecule has 3 amide bonds. The summed E-state index contributed by atoms with van der Waals surface area (Å²) in [7, 11) is 0. The Balaban J connectivity index is 1.49. The van der Waals surface area contributed by atoms with E-state index in [4.69, 9.17) is 4.74 Å². The lowest BCUT2D eigenvalue weighted by atomic mass is 10.1. The first-order valence-corrected chi connectivity index (χ1v) is 9.12. The summed E-state index contributed by atoms with van der Waals surface area (Å²) in [4.78, 5) is 39.3. The number of hydrogen-bond acceptors (Lipinski definition) is 4. The fourth-order valence-corrected chi connectivity index (χ4v) is 3.56. The van der Waals surface area contributed by atoms with Gasteiger partial charge in [-0.3, -0.25) is 19.3 Å². The maximum atomic E-state index is 12.3. The third-order valence-corrected chi connectivity index (χ3v) is 4.73. The van der Waals surface area contributed by atoms with Gasteiger partial charge in [-0.1, -0.05) is 26.0 Å². The quantitative estimate of drug-likeness (QED) is 0.660. The molecule has 0 spiro atoms. The zero-order valence-corrected chi connectivity index (χ0v) is 15.3. The van der Waals surface area contributed by atoms with Gasteiger partial charge >= 0.3 is 0 Å². The number of amides is 3. The van der Waals surface area contributed by atoms with Gasteiger partial charge in [-0.15, -0.1) is 0 Å². The average molecular weight is 360 g/mol. The van der Waals surface area contributed by atoms with Crippen LogP contribution in [-0.4, -0.2) is 68.1 Å². The molecule has 26 heavy (non-hydrogen) atoms. The second-order valence-corrected chi connectivity index (χ2v) is 7.34. The van der Waals surface area contributed by atoms with Crippen molar-refractivity contribution in [2.45, 2.75) is 20.0 Å². The van der Waals surface area contributed by atoms with Gasteiger partial charge in [-0.2, -0.15) is 0 Å². The highest BCUT2D eigenvalue weighted by atomic mass is 16.5. The highest BCUT2D eigenvalue weighted by Crippen LogP contribution is 2.21. The van der Waals surface area contributed by atoms with Crippen LogP contribution in [0, 0.1) is 5.92 Å². The molecule has 1 saturated heterocycles. The Labute approximate surface area is 153 Å². The summed E-state index contributed by atoms with van der Waals surface area (Å²) in [5, 5.41) is 2.80. The van der Waals surface area contributed by atoms with Crippen LogP contribution in [0.2, 0.25) is 0 Å². The van der Waals surface area contributed by atoms with Crippen LogP contribution in [-0.2, 0) is 9.53 Å². The molecule has 1 aromatic carbocycles. The molecule has 3 rings (SSSR count). The van der Waals surface area contributed by atoms with Crippen molar-refractivity contribution in [3.8, 4) is 0 Å². The van der Waals surface area contributed by atoms with Crippen molar-refractivity contribution in [3.05, 3.63) is 35.4 Å². The number of imide groups is 1. The maximum absolute atomic E-state index is 12.3. The van der Waals surface area contributed by atoms with E-state index in [1.165, 1.54) is 4.90 Å². The van der Waals surface area contributed by atoms with E-state index in [1.54, 1.807) is 24.3 Å². The zero-order chi connectivity index (χ0) is 18.7. The summed E-state index contributed by atoms with van der Waals surface area (Å²) in [5.41, 5.74) is 0.711. The molecular weight excluding hydrogens is 334 g/mol. The molecule has 0 aliphatic carbocycles. The van der Waals surface area contributed by atoms with Gasteiger partial charge in [0.1, 0.15) is 25.7 Å². The first-order chi connectivity index (χ1) is 12.5. The molecule has 7 nitrogen and oxygen atoms in total. The van der Waals surface area contributed by atoms with Crippen LogP contribution in [0.3, 0.4) is 0 Å². The minimum Gasteiger partial charge on any atom is -0.365 e. The standard InChI is InChI=1S/C19H25N3O4/c1-13(2)10-21-7-8-26-14(11-21)9-20-17(23)12-22-18(24)15-5-3-4-6-16(15)19(22)25/h3-6,13-14H,7-12H2,1-2H3,(H,20,23)/p+1/t14-/m0/s1. The van der Waals surface area contributed by atoms with Crippen LogP contribution in [0.1, 0.15) is 34.6 Å². The van der Waals surface area contributed by atoms with Crippen molar-refractivity contribution in [1.29, 1.82) is 0 Å². The largest absolute Gasteiger partial charge is 0.365 e. The minimum atomic E-state index is -0.415. The fourth-order valence-electron chi connectivity index (χ4n) is 3.56. The normalized spacial score (nSPS) is 22.7. The summed E-state index contributed by atoms with van der Waals surface area (Å²) in [5.74, 6) is -0.560. The number of carbonyl (C=O) groups is 3. The summed E-state index contributed by atoms with van der Waals surface area (Å²) in [6.07, 6.45) is -0.0383. The Morgan fingerprint density at radius 2 is 1.92 bits per heavy atom. The van der Waals surface area contributed by atoms with E-state index in [2.05, 4.69) is 19.2 Å². The van der Waals surface area contributed by atoms with Crippen LogP contribution >= 0.6 is 0 Å². The number of quaternary nitrogens is 1. The molecule has 140 valence electrons. The van der Waals surface area contributed by atoms with Crippen LogP contribution < -0.4 is 10.2 Å². The Hall–Kier alpha value is -2.25. The van der Waals surface area contributed by atoms with Gasteiger partial charge in [0.05, 0.1) is 24.3 Å². The lowest BCUT2D eigenvalue weighted by Crippen LogP contribution is -3.15. The average Bonchev–Trinajstić information content (AvgIpc) is 2.85. The SMILES string of the molecule is CC(C)C[NH+]1CCO[C@@H](CNC(=O)CN2C(=O)c3ccccc3C2=O)C1. The van der Waals surface area contributed by atoms with Crippen LogP contribution in [0.5, 0.6) is 0 Å². The number of ether oxygens (including phenoxy) is 1. The molecule has 2 atom stereocenters. The first kappa shape index (κ1) is 18.5. The lowest BCUT2D eigenvalue weighted by molar-refractivity contribution is -0.914. The summed E-state index contributed by atoms with van der Waals surface area (Å²) < 4.78 is 5.72. The van der Waals surface area contributed by atoms with Gasteiger partial charge in [-0.05, 0) is 12.1 Å². The highest BCUT2D eigenvalue weighted by Gasteiger charge is 2.36. The summed E-state index contributed by atoms with van der Waals surface area (Å²) >= 11 is 0. The van der Waals surface area contributed by atoms with E-state index in [0.717, 1.165) is 24.5 Å². The molecule has 1 aromatic rings. The van der Waals surface area contributed by atoms with Crippen molar-refractivity contribution in [3.63, 3.8) is 0 Å². The summed E-state index contributed by atoms with van der Waals surface area (Å²) in [6.45, 7) is 8.13. The Kier molecular flexibility index (Phi) is 5.68. The molecule has 0 radical (unpaired) electrons. The smallest absolute Gasteiger partial charge is 0.262 e. The molecule has 0 saturated carbocycles. The lowest BCUT2D eigenvalue weighted by Gasteiger charge is -2.31. The number of nitrogens with one attached hydrogen (secondary N) is 2. The molecule has 0 aromatic heterocycles. The molecule has 2 aliphatic heterocycles. The second kappa shape index (κ2) is 7.97. The van der Waals surface area contributed by atoms with E-state index in [1.807, 2.05) is 0 Å². The van der Waals surface area contributed by atoms with Crippen molar-refractivity contribution in [2.75, 3.05) is 39.3 Å². The fraction of sp³-hybridized carbons (Fsp3) is 0.526. The van der Waals surface area contributed by atoms with Gasteiger partial charge < -0.3 is 15.0 Å². The van der Waals surface area contributed by atoms with Crippen LogP contribution in [0.4, 0.5) is 0 Å². The number of morpholine rings is 1. The zero-order valence-electron chi connectivity index (χ0n) is 15.3. The highest BCUT2D eigenvalue weighted by molar-refractivity contribution is 6.22. The number of benzene rings is 1. The molecule has 1 unspecified atom stereocenters.